The quantitative estimate of drug-likeness (QED) is 0.176. The van der Waals surface area contributed by atoms with E-state index in [1.807, 2.05) is 12.1 Å². The third-order valence-corrected chi connectivity index (χ3v) is 15.9. The Hall–Kier alpha value is -1.95. The molecule has 0 saturated heterocycles. The summed E-state index contributed by atoms with van der Waals surface area (Å²) in [5, 5.41) is 22.7. The summed E-state index contributed by atoms with van der Waals surface area (Å²) < 4.78 is 0. The number of aliphatic hydroxyl groups is 1. The lowest BCUT2D eigenvalue weighted by Gasteiger charge is -2.72. The SMILES string of the molecule is C=C(C)[C@@H]1CC[C@]2(CNCCN(C)CCO)CC[C@]3(C)[C@H](CCC4[C@@]5(C)CC=C(c6ccc(C(=O)O)cc6)C(C)(C)[C@@H]5CC[C@]43C)[C@@H]12. The van der Waals surface area contributed by atoms with Gasteiger partial charge in [-0.2, -0.15) is 0 Å². The predicted octanol–water partition coefficient (Wildman–Crippen LogP) is 8.55. The molecule has 1 aromatic rings. The minimum Gasteiger partial charge on any atom is -0.478 e. The van der Waals surface area contributed by atoms with Gasteiger partial charge in [0.15, 0.2) is 0 Å². The van der Waals surface area contributed by atoms with Gasteiger partial charge >= 0.3 is 5.97 Å². The number of allylic oxidation sites excluding steroid dienone is 3. The number of aromatic carboxylic acids is 1. The van der Waals surface area contributed by atoms with Crippen molar-refractivity contribution in [3.8, 4) is 0 Å². The van der Waals surface area contributed by atoms with E-state index >= 15 is 0 Å². The molecule has 1 unspecified atom stereocenters. The van der Waals surface area contributed by atoms with Crippen molar-refractivity contribution in [3.63, 3.8) is 0 Å². The summed E-state index contributed by atoms with van der Waals surface area (Å²) in [4.78, 5) is 13.8. The Kier molecular flexibility index (Phi) is 9.23. The van der Waals surface area contributed by atoms with E-state index in [4.69, 9.17) is 0 Å². The number of rotatable bonds is 10. The molecular weight excluding hydrogens is 580 g/mol. The zero-order chi connectivity index (χ0) is 34.0. The van der Waals surface area contributed by atoms with E-state index in [0.29, 0.717) is 45.5 Å². The fourth-order valence-electron chi connectivity index (χ4n) is 13.4. The molecule has 1 aromatic carbocycles. The van der Waals surface area contributed by atoms with Gasteiger partial charge < -0.3 is 20.4 Å². The Balaban J connectivity index is 1.28. The number of likely N-dealkylation sites (N-methyl/N-ethyl adjacent to an activating group) is 1. The fraction of sp³-hybridized carbons (Fsp3) is 0.738. The van der Waals surface area contributed by atoms with E-state index in [2.05, 4.69) is 71.5 Å². The van der Waals surface area contributed by atoms with Crippen molar-refractivity contribution in [1.29, 1.82) is 0 Å². The van der Waals surface area contributed by atoms with Gasteiger partial charge in [0.25, 0.3) is 0 Å². The van der Waals surface area contributed by atoms with Gasteiger partial charge in [0.05, 0.1) is 12.2 Å². The van der Waals surface area contributed by atoms with Crippen molar-refractivity contribution in [2.75, 3.05) is 39.8 Å². The van der Waals surface area contributed by atoms with E-state index in [1.165, 1.54) is 68.1 Å². The Labute approximate surface area is 285 Å². The molecule has 260 valence electrons. The maximum Gasteiger partial charge on any atom is 0.335 e. The standard InChI is InChI=1S/C42H64N2O3/c1-28(2)31-15-20-42(27-43-23-24-44(8)25-26-45)22-21-40(6)33(36(31)42)13-14-35-39(5)18-16-32(29-9-11-30(12-10-29)37(46)47)38(3,4)34(39)17-19-41(35,40)7/h9-12,16,31,33-36,43,45H,1,13-15,17-27H2,2-8H3,(H,46,47)/t31-,33+,34-,35?,36+,39-,40+,41+,42+/m0/s1. The summed E-state index contributed by atoms with van der Waals surface area (Å²) >= 11 is 0. The highest BCUT2D eigenvalue weighted by molar-refractivity contribution is 5.88. The molecular formula is C42H64N2O3. The highest BCUT2D eigenvalue weighted by Crippen LogP contribution is 2.77. The van der Waals surface area contributed by atoms with Crippen LogP contribution < -0.4 is 5.32 Å². The van der Waals surface area contributed by atoms with Crippen molar-refractivity contribution in [1.82, 2.24) is 10.2 Å². The number of fused-ring (bicyclic) bond motifs is 7. The van der Waals surface area contributed by atoms with Crippen molar-refractivity contribution in [2.24, 2.45) is 56.7 Å². The Morgan fingerprint density at radius 3 is 2.32 bits per heavy atom. The van der Waals surface area contributed by atoms with E-state index < -0.39 is 5.97 Å². The van der Waals surface area contributed by atoms with Gasteiger partial charge in [-0.1, -0.05) is 65.0 Å². The number of hydrogen-bond donors (Lipinski definition) is 3. The second-order valence-corrected chi connectivity index (χ2v) is 18.2. The van der Waals surface area contributed by atoms with Gasteiger partial charge in [0.1, 0.15) is 0 Å². The monoisotopic (exact) mass is 644 g/mol. The molecule has 5 nitrogen and oxygen atoms in total. The minimum atomic E-state index is -0.859. The summed E-state index contributed by atoms with van der Waals surface area (Å²) in [5.74, 6) is 2.56. The topological polar surface area (TPSA) is 72.8 Å². The zero-order valence-corrected chi connectivity index (χ0v) is 30.6. The molecule has 47 heavy (non-hydrogen) atoms. The number of aliphatic hydroxyl groups excluding tert-OH is 1. The first kappa shape index (κ1) is 34.9. The number of carboxylic acid groups (broad SMARTS) is 1. The van der Waals surface area contributed by atoms with Crippen LogP contribution in [-0.2, 0) is 0 Å². The van der Waals surface area contributed by atoms with Gasteiger partial charge in [-0.15, -0.1) is 0 Å². The minimum absolute atomic E-state index is 0.0337. The second kappa shape index (κ2) is 12.4. The highest BCUT2D eigenvalue weighted by Gasteiger charge is 2.70. The third kappa shape index (κ3) is 5.40. The molecule has 4 fully saturated rings. The van der Waals surface area contributed by atoms with Crippen LogP contribution in [0.2, 0.25) is 0 Å². The number of carbonyl (C=O) groups is 1. The Morgan fingerprint density at radius 1 is 0.936 bits per heavy atom. The van der Waals surface area contributed by atoms with Crippen molar-refractivity contribution < 1.29 is 15.0 Å². The second-order valence-electron chi connectivity index (χ2n) is 18.2. The van der Waals surface area contributed by atoms with Crippen molar-refractivity contribution in [3.05, 3.63) is 53.6 Å². The van der Waals surface area contributed by atoms with Crippen LogP contribution in [0.3, 0.4) is 0 Å². The third-order valence-electron chi connectivity index (χ3n) is 15.9. The van der Waals surface area contributed by atoms with Crippen LogP contribution in [0.1, 0.15) is 115 Å². The smallest absolute Gasteiger partial charge is 0.335 e. The van der Waals surface area contributed by atoms with E-state index in [1.54, 1.807) is 12.1 Å². The maximum absolute atomic E-state index is 11.5. The first-order valence-electron chi connectivity index (χ1n) is 18.8. The first-order chi connectivity index (χ1) is 22.1. The summed E-state index contributed by atoms with van der Waals surface area (Å²) in [6, 6.07) is 7.63. The molecule has 9 atom stereocenters. The lowest BCUT2D eigenvalue weighted by molar-refractivity contribution is -0.225. The number of nitrogens with zero attached hydrogens (tertiary/aromatic N) is 1. The molecule has 6 rings (SSSR count). The van der Waals surface area contributed by atoms with Gasteiger partial charge in [0.2, 0.25) is 0 Å². The maximum atomic E-state index is 11.5. The van der Waals surface area contributed by atoms with Crippen molar-refractivity contribution >= 4 is 11.5 Å². The molecule has 0 amide bonds. The molecule has 4 saturated carbocycles. The van der Waals surface area contributed by atoms with Crippen LogP contribution in [0.4, 0.5) is 0 Å². The van der Waals surface area contributed by atoms with Gasteiger partial charge in [0, 0.05) is 26.2 Å². The fourth-order valence-corrected chi connectivity index (χ4v) is 13.4. The average molecular weight is 645 g/mol. The summed E-state index contributed by atoms with van der Waals surface area (Å²) in [7, 11) is 2.11. The van der Waals surface area contributed by atoms with E-state index in [0.717, 1.165) is 38.5 Å². The van der Waals surface area contributed by atoms with Crippen LogP contribution >= 0.6 is 0 Å². The highest BCUT2D eigenvalue weighted by atomic mass is 16.4. The molecule has 0 radical (unpaired) electrons. The van der Waals surface area contributed by atoms with Crippen molar-refractivity contribution in [2.45, 2.75) is 99.3 Å². The summed E-state index contributed by atoms with van der Waals surface area (Å²) in [6.45, 7) is 24.0. The first-order valence-corrected chi connectivity index (χ1v) is 18.8. The molecule has 0 spiro atoms. The van der Waals surface area contributed by atoms with Crippen LogP contribution in [0.5, 0.6) is 0 Å². The van der Waals surface area contributed by atoms with Gasteiger partial charge in [-0.25, -0.2) is 4.79 Å². The molecule has 5 aliphatic rings. The number of carboxylic acids is 1. The molecule has 0 aliphatic heterocycles. The van der Waals surface area contributed by atoms with E-state index in [9.17, 15) is 15.0 Å². The molecule has 3 N–H and O–H groups in total. The van der Waals surface area contributed by atoms with Crippen LogP contribution in [0, 0.1) is 56.7 Å². The average Bonchev–Trinajstić information content (AvgIpc) is 3.40. The number of benzene rings is 1. The molecule has 0 aromatic heterocycles. The normalized spacial score (nSPS) is 40.5. The largest absolute Gasteiger partial charge is 0.478 e. The van der Waals surface area contributed by atoms with Crippen LogP contribution in [-0.4, -0.2) is 60.9 Å². The molecule has 5 aliphatic carbocycles. The molecule has 0 bridgehead atoms. The molecule has 0 heterocycles. The van der Waals surface area contributed by atoms with Gasteiger partial charge in [-0.3, -0.25) is 0 Å². The Bertz CT molecular complexity index is 1380. The van der Waals surface area contributed by atoms with Gasteiger partial charge in [-0.05, 0) is 152 Å². The van der Waals surface area contributed by atoms with Crippen LogP contribution in [0.15, 0.2) is 42.5 Å². The molecule has 5 heteroatoms. The predicted molar refractivity (Wildman–Crippen MR) is 193 cm³/mol. The summed E-state index contributed by atoms with van der Waals surface area (Å²) in [5.41, 5.74) is 5.69. The number of nitrogens with one attached hydrogen (secondary N) is 1. The van der Waals surface area contributed by atoms with E-state index in [-0.39, 0.29) is 17.4 Å². The summed E-state index contributed by atoms with van der Waals surface area (Å²) in [6.07, 6.45) is 14.2. The zero-order valence-electron chi connectivity index (χ0n) is 30.6. The lowest BCUT2D eigenvalue weighted by Crippen LogP contribution is -2.65. The lowest BCUT2D eigenvalue weighted by atomic mass is 9.32. The number of hydrogen-bond acceptors (Lipinski definition) is 4. The van der Waals surface area contributed by atoms with Crippen LogP contribution in [0.25, 0.3) is 5.57 Å². The Morgan fingerprint density at radius 2 is 1.66 bits per heavy atom.